The molecule has 0 spiro atoms. The molecule has 0 atom stereocenters. The van der Waals surface area contributed by atoms with Gasteiger partial charge in [-0.1, -0.05) is 49.2 Å². The van der Waals surface area contributed by atoms with E-state index in [4.69, 9.17) is 9.47 Å². The van der Waals surface area contributed by atoms with Crippen LogP contribution < -0.4 is 26.4 Å². The quantitative estimate of drug-likeness (QED) is 0.0149. The Bertz CT molecular complexity index is 2920. The summed E-state index contributed by atoms with van der Waals surface area (Å²) in [5, 5.41) is 0. The van der Waals surface area contributed by atoms with Crippen LogP contribution in [0.15, 0.2) is 66.5 Å². The van der Waals surface area contributed by atoms with Gasteiger partial charge in [0.2, 0.25) is 0 Å². The zero-order valence-corrected chi connectivity index (χ0v) is 39.4. The van der Waals surface area contributed by atoms with Gasteiger partial charge in [0.1, 0.15) is 64.9 Å². The van der Waals surface area contributed by atoms with Gasteiger partial charge in [0.25, 0.3) is 0 Å². The van der Waals surface area contributed by atoms with Crippen LogP contribution in [0.5, 0.6) is 0 Å². The molecule has 2 fully saturated rings. The number of halogens is 20. The first kappa shape index (κ1) is 58.3. The largest absolute Gasteiger partial charge is 0.459 e. The number of hydrogen-bond acceptors (Lipinski definition) is 4. The highest BCUT2D eigenvalue weighted by Crippen LogP contribution is 2.32. The molecule has 0 aliphatic heterocycles. The van der Waals surface area contributed by atoms with Gasteiger partial charge in [-0.25, -0.2) is 102 Å². The zero-order chi connectivity index (χ0) is 57.2. The summed E-state index contributed by atoms with van der Waals surface area (Å²) in [5.41, 5.74) is -12.8. The van der Waals surface area contributed by atoms with Crippen LogP contribution in [0.4, 0.5) is 87.8 Å². The van der Waals surface area contributed by atoms with Gasteiger partial charge in [-0.3, -0.25) is 0 Å². The molecule has 26 heteroatoms. The number of carbonyl (C=O) groups excluding carboxylic acids is 2. The Morgan fingerprint density at radius 3 is 0.910 bits per heavy atom. The third kappa shape index (κ3) is 10.5. The molecule has 0 amide bonds. The summed E-state index contributed by atoms with van der Waals surface area (Å²) in [6, 6.07) is 15.4. The molecule has 6 aromatic rings. The second kappa shape index (κ2) is 23.7. The van der Waals surface area contributed by atoms with Gasteiger partial charge in [-0.15, -0.1) is 21.9 Å². The molecule has 0 unspecified atom stereocenters. The Morgan fingerprint density at radius 2 is 0.628 bits per heavy atom. The van der Waals surface area contributed by atoms with Crippen molar-refractivity contribution < 1.29 is 111 Å². The molecule has 1 aromatic heterocycles. The minimum absolute atomic E-state index is 0.0358. The lowest BCUT2D eigenvalue weighted by Crippen LogP contribution is -2.81. The van der Waals surface area contributed by atoms with Crippen LogP contribution in [0.2, 0.25) is 0 Å². The lowest BCUT2D eigenvalue weighted by Gasteiger charge is -2.44. The van der Waals surface area contributed by atoms with E-state index in [0.717, 1.165) is 56.9 Å². The minimum Gasteiger partial charge on any atom is -0.459 e. The molecule has 0 N–H and O–H groups in total. The molecule has 2 saturated carbocycles. The number of aromatic nitrogens is 1. The van der Waals surface area contributed by atoms with Crippen molar-refractivity contribution in [2.75, 3.05) is 0 Å². The molecule has 1 heterocycles. The van der Waals surface area contributed by atoms with Crippen molar-refractivity contribution in [1.29, 1.82) is 0 Å². The van der Waals surface area contributed by atoms with Gasteiger partial charge < -0.3 is 9.47 Å². The third-order valence-electron chi connectivity index (χ3n) is 13.3. The van der Waals surface area contributed by atoms with Crippen molar-refractivity contribution in [1.82, 2.24) is 0 Å². The van der Waals surface area contributed by atoms with Crippen LogP contribution in [0.3, 0.4) is 0 Å². The van der Waals surface area contributed by atoms with Crippen LogP contribution >= 0.6 is 0 Å². The minimum atomic E-state index is -7.22. The van der Waals surface area contributed by atoms with Gasteiger partial charge >= 0.3 is 11.9 Å². The number of benzene rings is 5. The number of hydrogen-bond donors (Lipinski definition) is 0. The summed E-state index contributed by atoms with van der Waals surface area (Å²) in [5.74, 6) is -72.5. The molecule has 5 aromatic carbocycles. The SMILES string of the molecule is Fc1c(F)c(F)c([B-](c2c(F)c(F)c(F)c(F)c2F)(c2c(F)c(F)c(F)c(F)c2F)c2c(F)c(F)c(F)c(F)c2F)c(F)c1F.O=C(OC1CCCCC1)C(C(=O)OC1CCCCC1)=C(C[n+]1ccccc1)c1ccccc1. The molecule has 8 rings (SSSR count). The number of esters is 2. The lowest BCUT2D eigenvalue weighted by atomic mass is 9.12. The Balaban J connectivity index is 0.000000237. The Morgan fingerprint density at radius 1 is 0.372 bits per heavy atom. The number of rotatable bonds is 11. The van der Waals surface area contributed by atoms with Crippen LogP contribution in [0.25, 0.3) is 5.57 Å². The van der Waals surface area contributed by atoms with Crippen molar-refractivity contribution in [3.8, 4) is 0 Å². The van der Waals surface area contributed by atoms with Crippen LogP contribution in [0, 0.1) is 116 Å². The summed E-state index contributed by atoms with van der Waals surface area (Å²) < 4.78 is 308. The molecule has 414 valence electrons. The van der Waals surface area contributed by atoms with Crippen LogP contribution in [0.1, 0.15) is 69.8 Å². The van der Waals surface area contributed by atoms with E-state index in [1.54, 1.807) is 0 Å². The average Bonchev–Trinajstić information content (AvgIpc) is 3.56. The highest BCUT2D eigenvalue weighted by atomic mass is 19.2. The molecule has 5 nitrogen and oxygen atoms in total. The Labute approximate surface area is 427 Å². The van der Waals surface area contributed by atoms with Crippen molar-refractivity contribution in [3.05, 3.63) is 188 Å². The molecule has 78 heavy (non-hydrogen) atoms. The maximum absolute atomic E-state index is 15.4. The maximum Gasteiger partial charge on any atom is 0.346 e. The number of ether oxygens (including phenoxy) is 2. The maximum atomic E-state index is 15.4. The van der Waals surface area contributed by atoms with E-state index >= 15 is 35.1 Å². The Hall–Kier alpha value is -7.41. The summed E-state index contributed by atoms with van der Waals surface area (Å²) in [6.45, 7) is 0.375. The normalized spacial score (nSPS) is 14.2. The molecular formula is C52H34BF20NO4. The van der Waals surface area contributed by atoms with Crippen LogP contribution in [-0.2, 0) is 25.6 Å². The number of allylic oxidation sites excluding steroid dienone is 1. The zero-order valence-electron chi connectivity index (χ0n) is 39.4. The average molecular weight is 1130 g/mol. The fourth-order valence-electron chi connectivity index (χ4n) is 9.67. The van der Waals surface area contributed by atoms with Crippen molar-refractivity contribution in [2.45, 2.75) is 83.0 Å². The molecular weight excluding hydrogens is 1090 g/mol. The van der Waals surface area contributed by atoms with Crippen molar-refractivity contribution in [3.63, 3.8) is 0 Å². The van der Waals surface area contributed by atoms with E-state index in [0.29, 0.717) is 12.1 Å². The second-order valence-electron chi connectivity index (χ2n) is 17.9. The van der Waals surface area contributed by atoms with Gasteiger partial charge in [0.15, 0.2) is 94.3 Å². The molecule has 0 saturated heterocycles. The van der Waals surface area contributed by atoms with Crippen molar-refractivity contribution >= 4 is 45.5 Å². The number of nitrogens with zero attached hydrogens (tertiary/aromatic N) is 1. The topological polar surface area (TPSA) is 56.5 Å². The van der Waals surface area contributed by atoms with E-state index in [9.17, 15) is 62.3 Å². The summed E-state index contributed by atoms with van der Waals surface area (Å²) in [6.07, 6.45) is 6.32. The Kier molecular flexibility index (Phi) is 17.7. The van der Waals surface area contributed by atoms with E-state index in [1.165, 1.54) is 12.8 Å². The standard InChI is InChI=1S/C28H34NO4.C24BF20/c30-27(32-23-15-7-2-8-16-23)26(28(31)33-24-17-9-3-10-18-24)25(22-13-5-1-6-14-22)21-29-19-11-4-12-20-29;26-5-1(6(27)14(35)21(42)13(5)34)25(2-7(28)15(36)22(43)16(37)8(2)29,3-9(30)17(38)23(44)18(39)10(3)31)4-11(32)19(40)24(45)20(41)12(4)33/h1,4-6,11-14,19-20,23-24H,2-3,7-10,15-18,21H2;/q+1;-1. The smallest absolute Gasteiger partial charge is 0.346 e. The van der Waals surface area contributed by atoms with Gasteiger partial charge in [-0.05, 0) is 56.9 Å². The summed E-state index contributed by atoms with van der Waals surface area (Å²) >= 11 is 0. The molecule has 2 aliphatic carbocycles. The van der Waals surface area contributed by atoms with Gasteiger partial charge in [0, 0.05) is 17.7 Å². The first-order chi connectivity index (χ1) is 36.9. The predicted octanol–water partition coefficient (Wildman–Crippen LogP) is 11.0. The molecule has 2 aliphatic rings. The molecule has 0 radical (unpaired) electrons. The summed E-state index contributed by atoms with van der Waals surface area (Å²) in [7, 11) is 0. The lowest BCUT2D eigenvalue weighted by molar-refractivity contribution is -0.684. The van der Waals surface area contributed by atoms with Gasteiger partial charge in [0.05, 0.1) is 0 Å². The highest BCUT2D eigenvalue weighted by molar-refractivity contribution is 7.20. The first-order valence-corrected chi connectivity index (χ1v) is 23.3. The number of carbonyl (C=O) groups is 2. The number of pyridine rings is 1. The second-order valence-corrected chi connectivity index (χ2v) is 17.9. The van der Waals surface area contributed by atoms with E-state index in [-0.39, 0.29) is 17.8 Å². The van der Waals surface area contributed by atoms with E-state index in [1.807, 2.05) is 65.5 Å². The monoisotopic (exact) mass is 1130 g/mol. The summed E-state index contributed by atoms with van der Waals surface area (Å²) in [4.78, 5) is 27.0. The fraction of sp³-hybridized carbons (Fsp3) is 0.250. The molecule has 0 bridgehead atoms. The third-order valence-corrected chi connectivity index (χ3v) is 13.3. The first-order valence-electron chi connectivity index (χ1n) is 23.3. The van der Waals surface area contributed by atoms with Crippen LogP contribution in [-0.4, -0.2) is 30.3 Å². The highest BCUT2D eigenvalue weighted by Gasteiger charge is 2.52. The van der Waals surface area contributed by atoms with Gasteiger partial charge in [-0.2, -0.15) is 0 Å². The van der Waals surface area contributed by atoms with E-state index in [2.05, 4.69) is 0 Å². The fourth-order valence-corrected chi connectivity index (χ4v) is 9.67. The van der Waals surface area contributed by atoms with Crippen molar-refractivity contribution in [2.24, 2.45) is 0 Å². The van der Waals surface area contributed by atoms with E-state index < -0.39 is 156 Å². The predicted molar refractivity (Wildman–Crippen MR) is 235 cm³/mol.